The van der Waals surface area contributed by atoms with E-state index in [-0.39, 0.29) is 6.42 Å². The summed E-state index contributed by atoms with van der Waals surface area (Å²) in [7, 11) is 0.945. The molecule has 3 saturated carbocycles. The van der Waals surface area contributed by atoms with Crippen LogP contribution in [0.25, 0.3) is 0 Å². The highest BCUT2D eigenvalue weighted by Crippen LogP contribution is 2.88. The van der Waals surface area contributed by atoms with Crippen LogP contribution in [0.15, 0.2) is 11.6 Å². The van der Waals surface area contributed by atoms with Crippen LogP contribution < -0.4 is 0 Å². The molecule has 0 radical (unpaired) electrons. The van der Waals surface area contributed by atoms with Crippen molar-refractivity contribution >= 4 is 0 Å². The second-order valence-electron chi connectivity index (χ2n) is 6.44. The van der Waals surface area contributed by atoms with Crippen molar-refractivity contribution in [3.05, 3.63) is 11.6 Å². The summed E-state index contributed by atoms with van der Waals surface area (Å²) in [5.74, 6) is -4.44. The van der Waals surface area contributed by atoms with Crippen LogP contribution in [0, 0.1) is 11.8 Å². The van der Waals surface area contributed by atoms with E-state index >= 15 is 4.39 Å². The van der Waals surface area contributed by atoms with Crippen molar-refractivity contribution < 1.29 is 26.7 Å². The minimum atomic E-state index is -3.49. The van der Waals surface area contributed by atoms with E-state index in [2.05, 4.69) is 4.74 Å². The topological polar surface area (TPSA) is 9.23 Å². The number of hydrogen-bond acceptors (Lipinski definition) is 1. The van der Waals surface area contributed by atoms with Gasteiger partial charge >= 0.3 is 0 Å². The summed E-state index contributed by atoms with van der Waals surface area (Å²) in [6.07, 6.45) is 2.68. The highest BCUT2D eigenvalue weighted by molar-refractivity contribution is 5.66. The number of allylic oxidation sites excluding steroid dienone is 2. The predicted octanol–water partition coefficient (Wildman–Crippen LogP) is 3.88. The van der Waals surface area contributed by atoms with Crippen LogP contribution in [-0.4, -0.2) is 29.8 Å². The largest absolute Gasteiger partial charge is 0.495 e. The molecular weight excluding hydrogens is 279 g/mol. The molecule has 0 aromatic rings. The van der Waals surface area contributed by atoms with Crippen LogP contribution in [0.1, 0.15) is 32.1 Å². The van der Waals surface area contributed by atoms with Crippen LogP contribution in [0.4, 0.5) is 22.0 Å². The lowest BCUT2D eigenvalue weighted by Gasteiger charge is -2.80. The zero-order chi connectivity index (χ0) is 14.6. The molecular formula is C14H15F5O. The van der Waals surface area contributed by atoms with E-state index in [0.29, 0.717) is 19.3 Å². The Morgan fingerprint density at radius 1 is 0.900 bits per heavy atom. The Hall–Kier alpha value is -0.810. The Kier molecular flexibility index (Phi) is 2.04. The van der Waals surface area contributed by atoms with Crippen LogP contribution in [0.2, 0.25) is 0 Å². The van der Waals surface area contributed by atoms with Gasteiger partial charge in [0.2, 0.25) is 5.67 Å². The summed E-state index contributed by atoms with van der Waals surface area (Å²) in [6.45, 7) is 0. The van der Waals surface area contributed by atoms with Crippen molar-refractivity contribution in [3.8, 4) is 0 Å². The molecule has 0 saturated heterocycles. The number of fused-ring (bicyclic) bond motifs is 7. The predicted molar refractivity (Wildman–Crippen MR) is 60.6 cm³/mol. The molecule has 4 rings (SSSR count). The van der Waals surface area contributed by atoms with Gasteiger partial charge in [-0.25, -0.2) is 22.0 Å². The highest BCUT2D eigenvalue weighted by Gasteiger charge is 3.09. The van der Waals surface area contributed by atoms with Gasteiger partial charge in [0, 0.05) is 11.8 Å². The van der Waals surface area contributed by atoms with Crippen LogP contribution in [-0.2, 0) is 4.74 Å². The molecule has 0 unspecified atom stereocenters. The fourth-order valence-corrected chi connectivity index (χ4v) is 5.26. The number of alkyl halides is 4. The minimum Gasteiger partial charge on any atom is -0.495 e. The first-order valence-electron chi connectivity index (χ1n) is 7.03. The second kappa shape index (κ2) is 3.17. The summed E-state index contributed by atoms with van der Waals surface area (Å²) in [4.78, 5) is 0. The summed E-state index contributed by atoms with van der Waals surface area (Å²) in [5, 5.41) is 0. The molecule has 4 aliphatic carbocycles. The molecule has 3 fully saturated rings. The fraction of sp³-hybridized carbons (Fsp3) is 0.857. The van der Waals surface area contributed by atoms with Crippen LogP contribution in [0.3, 0.4) is 0 Å². The normalized spacial score (nSPS) is 60.1. The molecule has 0 aromatic carbocycles. The quantitative estimate of drug-likeness (QED) is 0.667. The molecule has 0 aromatic heterocycles. The Morgan fingerprint density at radius 2 is 1.40 bits per heavy atom. The standard InChI is InChI=1S/C14H15F5O/c1-20-10-9(15)13(18)11(16)7-5-3-2-4-6-8(7)12(11,17)14(10,13)19/h7-8H,2-6H2,1H3/t7-,8+,11-,12+,13+,14-/m0/s1. The van der Waals surface area contributed by atoms with E-state index in [0.717, 1.165) is 13.5 Å². The van der Waals surface area contributed by atoms with Gasteiger partial charge in [0.1, 0.15) is 0 Å². The van der Waals surface area contributed by atoms with Gasteiger partial charge < -0.3 is 4.74 Å². The fourth-order valence-electron chi connectivity index (χ4n) is 5.26. The maximum Gasteiger partial charge on any atom is 0.250 e. The number of rotatable bonds is 1. The zero-order valence-electron chi connectivity index (χ0n) is 11.0. The molecule has 0 bridgehead atoms. The minimum absolute atomic E-state index is 0.282. The molecule has 4 aliphatic rings. The maximum atomic E-state index is 15.0. The van der Waals surface area contributed by atoms with E-state index in [1.807, 2.05) is 0 Å². The molecule has 0 spiro atoms. The number of hydrogen-bond donors (Lipinski definition) is 0. The Balaban J connectivity index is 1.86. The zero-order valence-corrected chi connectivity index (χ0v) is 11.0. The SMILES string of the molecule is COC1=C(F)[C@]2(F)[C@@]1(F)[C@@]1(F)[C@@H]3CCCCC[C@@H]3[C@@]21F. The van der Waals surface area contributed by atoms with Crippen LogP contribution >= 0.6 is 0 Å². The van der Waals surface area contributed by atoms with Gasteiger partial charge in [0.15, 0.2) is 22.9 Å². The number of methoxy groups -OCH3 is 1. The summed E-state index contributed by atoms with van der Waals surface area (Å²) in [6, 6.07) is 0. The summed E-state index contributed by atoms with van der Waals surface area (Å²) < 4.78 is 77.7. The second-order valence-corrected chi connectivity index (χ2v) is 6.44. The van der Waals surface area contributed by atoms with E-state index in [9.17, 15) is 17.6 Å². The van der Waals surface area contributed by atoms with E-state index < -0.39 is 46.1 Å². The Bertz CT molecular complexity index is 536. The molecule has 6 heteroatoms. The van der Waals surface area contributed by atoms with Crippen molar-refractivity contribution in [1.29, 1.82) is 0 Å². The number of halogens is 5. The third-order valence-electron chi connectivity index (χ3n) is 6.06. The Labute approximate surface area is 113 Å². The molecule has 0 aliphatic heterocycles. The molecule has 1 nitrogen and oxygen atoms in total. The van der Waals surface area contributed by atoms with Gasteiger partial charge in [-0.05, 0) is 12.8 Å². The third-order valence-corrected chi connectivity index (χ3v) is 6.06. The van der Waals surface area contributed by atoms with Crippen molar-refractivity contribution in [3.63, 3.8) is 0 Å². The lowest BCUT2D eigenvalue weighted by Crippen LogP contribution is -3.03. The van der Waals surface area contributed by atoms with Crippen molar-refractivity contribution in [2.24, 2.45) is 11.8 Å². The number of ether oxygens (including phenoxy) is 1. The van der Waals surface area contributed by atoms with Crippen LogP contribution in [0.5, 0.6) is 0 Å². The van der Waals surface area contributed by atoms with Gasteiger partial charge in [0.25, 0.3) is 5.67 Å². The molecule has 20 heavy (non-hydrogen) atoms. The van der Waals surface area contributed by atoms with Crippen molar-refractivity contribution in [2.75, 3.05) is 7.11 Å². The van der Waals surface area contributed by atoms with E-state index in [4.69, 9.17) is 0 Å². The first-order chi connectivity index (χ1) is 9.33. The van der Waals surface area contributed by atoms with Gasteiger partial charge in [-0.1, -0.05) is 19.3 Å². The lowest BCUT2D eigenvalue weighted by molar-refractivity contribution is -0.449. The van der Waals surface area contributed by atoms with Gasteiger partial charge in [-0.15, -0.1) is 0 Å². The first kappa shape index (κ1) is 12.9. The average Bonchev–Trinajstić information content (AvgIpc) is 2.68. The first-order valence-corrected chi connectivity index (χ1v) is 7.03. The lowest BCUT2D eigenvalue weighted by atomic mass is 9.27. The summed E-state index contributed by atoms with van der Waals surface area (Å²) in [5.41, 5.74) is -12.8. The molecule has 0 N–H and O–H groups in total. The smallest absolute Gasteiger partial charge is 0.250 e. The molecule has 0 amide bonds. The van der Waals surface area contributed by atoms with Gasteiger partial charge in [0.05, 0.1) is 7.11 Å². The van der Waals surface area contributed by atoms with E-state index in [1.54, 1.807) is 0 Å². The maximum absolute atomic E-state index is 15.0. The van der Waals surface area contributed by atoms with E-state index in [1.165, 1.54) is 0 Å². The molecule has 112 valence electrons. The molecule has 6 atom stereocenters. The third kappa shape index (κ3) is 0.756. The van der Waals surface area contributed by atoms with Gasteiger partial charge in [-0.2, -0.15) is 0 Å². The monoisotopic (exact) mass is 294 g/mol. The van der Waals surface area contributed by atoms with Gasteiger partial charge in [-0.3, -0.25) is 0 Å². The average molecular weight is 294 g/mol. The highest BCUT2D eigenvalue weighted by atomic mass is 19.2. The summed E-state index contributed by atoms with van der Waals surface area (Å²) >= 11 is 0. The van der Waals surface area contributed by atoms with Crippen molar-refractivity contribution in [2.45, 2.75) is 54.8 Å². The van der Waals surface area contributed by atoms with Crippen molar-refractivity contribution in [1.82, 2.24) is 0 Å². The Morgan fingerprint density at radius 3 is 1.90 bits per heavy atom. The molecule has 0 heterocycles.